The smallest absolute Gasteiger partial charge is 0.295 e. The van der Waals surface area contributed by atoms with Crippen LogP contribution < -0.4 is 4.74 Å². The van der Waals surface area contributed by atoms with E-state index in [0.29, 0.717) is 23.7 Å². The summed E-state index contributed by atoms with van der Waals surface area (Å²) in [5, 5.41) is 11.5. The Morgan fingerprint density at radius 1 is 1.14 bits per heavy atom. The van der Waals surface area contributed by atoms with E-state index in [1.54, 1.807) is 12.1 Å². The highest BCUT2D eigenvalue weighted by molar-refractivity contribution is 6.46. The number of benzene rings is 2. The molecule has 2 aromatic rings. The summed E-state index contributed by atoms with van der Waals surface area (Å²) in [6.45, 7) is 4.41. The summed E-state index contributed by atoms with van der Waals surface area (Å²) in [5.74, 6) is -1.24. The van der Waals surface area contributed by atoms with Crippen molar-refractivity contribution in [2.24, 2.45) is 0 Å². The Balaban J connectivity index is 2.22. The molecule has 0 aromatic heterocycles. The highest BCUT2D eigenvalue weighted by Gasteiger charge is 2.45. The minimum Gasteiger partial charge on any atom is -0.507 e. The van der Waals surface area contributed by atoms with Gasteiger partial charge in [-0.2, -0.15) is 0 Å². The molecule has 2 aromatic carbocycles. The summed E-state index contributed by atoms with van der Waals surface area (Å²) in [4.78, 5) is 27.2. The number of amides is 1. The summed E-state index contributed by atoms with van der Waals surface area (Å²) in [6.07, 6.45) is 1.58. The van der Waals surface area contributed by atoms with Crippen LogP contribution in [0.25, 0.3) is 5.76 Å². The van der Waals surface area contributed by atoms with Gasteiger partial charge in [0.1, 0.15) is 11.5 Å². The molecule has 6 heteroatoms. The number of carbonyl (C=O) groups excluding carboxylic acids is 2. The third-order valence-corrected chi connectivity index (χ3v) is 5.36. The van der Waals surface area contributed by atoms with Crippen molar-refractivity contribution < 1.29 is 19.4 Å². The fourth-order valence-electron chi connectivity index (χ4n) is 3.64. The Labute approximate surface area is 175 Å². The van der Waals surface area contributed by atoms with Crippen molar-refractivity contribution in [1.82, 2.24) is 4.90 Å². The predicted octanol–water partition coefficient (Wildman–Crippen LogP) is 4.74. The molecular formula is C23H24ClNO4. The summed E-state index contributed by atoms with van der Waals surface area (Å²) >= 11 is 6.10. The molecule has 29 heavy (non-hydrogen) atoms. The molecule has 1 saturated heterocycles. The maximum Gasteiger partial charge on any atom is 0.295 e. The number of nitrogens with zero attached hydrogens (tertiary/aromatic N) is 1. The largest absolute Gasteiger partial charge is 0.507 e. The number of likely N-dealkylation sites (tertiary alicyclic amines) is 1. The molecule has 1 aliphatic heterocycles. The van der Waals surface area contributed by atoms with Crippen LogP contribution in [0.4, 0.5) is 0 Å². The lowest BCUT2D eigenvalue weighted by atomic mass is 9.94. The molecule has 3 rings (SSSR count). The predicted molar refractivity (Wildman–Crippen MR) is 113 cm³/mol. The molecule has 5 nitrogen and oxygen atoms in total. The van der Waals surface area contributed by atoms with Crippen LogP contribution in [-0.4, -0.2) is 35.4 Å². The highest BCUT2D eigenvalue weighted by Crippen LogP contribution is 2.41. The topological polar surface area (TPSA) is 66.8 Å². The third-order valence-electron chi connectivity index (χ3n) is 5.12. The molecule has 1 heterocycles. The van der Waals surface area contributed by atoms with Crippen LogP contribution in [0.15, 0.2) is 48.0 Å². The number of ether oxygens (including phenoxy) is 1. The zero-order valence-corrected chi connectivity index (χ0v) is 17.5. The number of hydrogen-bond acceptors (Lipinski definition) is 4. The molecule has 152 valence electrons. The molecule has 1 fully saturated rings. The van der Waals surface area contributed by atoms with Crippen molar-refractivity contribution >= 4 is 29.1 Å². The molecule has 1 amide bonds. The van der Waals surface area contributed by atoms with E-state index in [-0.39, 0.29) is 16.9 Å². The molecule has 0 saturated carbocycles. The lowest BCUT2D eigenvalue weighted by Gasteiger charge is -2.25. The van der Waals surface area contributed by atoms with Crippen molar-refractivity contribution in [3.05, 3.63) is 69.8 Å². The first-order valence-corrected chi connectivity index (χ1v) is 10.0. The number of aryl methyl sites for hydroxylation is 1. The standard InChI is InChI=1S/C23H24ClNO4/c1-4-12-25-20(15-8-6-14(5-2)7-9-15)19(22(27)23(25)28)21(26)17-13-16(24)10-11-18(17)29-3/h6-11,13,20,26H,4-5,12H2,1-3H3/b21-19+. The Morgan fingerprint density at radius 2 is 1.83 bits per heavy atom. The van der Waals surface area contributed by atoms with Gasteiger partial charge in [-0.15, -0.1) is 0 Å². The van der Waals surface area contributed by atoms with Gasteiger partial charge in [-0.1, -0.05) is 49.7 Å². The molecule has 0 aliphatic carbocycles. The van der Waals surface area contributed by atoms with Crippen LogP contribution in [0.2, 0.25) is 5.02 Å². The first-order valence-electron chi connectivity index (χ1n) is 9.64. The van der Waals surface area contributed by atoms with Crippen molar-refractivity contribution in [2.75, 3.05) is 13.7 Å². The quantitative estimate of drug-likeness (QED) is 0.422. The maximum atomic E-state index is 12.9. The molecule has 0 radical (unpaired) electrons. The SMILES string of the molecule is CCCN1C(=O)C(=O)/C(=C(/O)c2cc(Cl)ccc2OC)C1c1ccc(CC)cc1. The number of halogens is 1. The minimum atomic E-state index is -0.706. The lowest BCUT2D eigenvalue weighted by Crippen LogP contribution is -2.30. The van der Waals surface area contributed by atoms with E-state index < -0.39 is 17.7 Å². The fraction of sp³-hybridized carbons (Fsp3) is 0.304. The van der Waals surface area contributed by atoms with E-state index in [1.165, 1.54) is 18.1 Å². The first kappa shape index (κ1) is 20.9. The Morgan fingerprint density at radius 3 is 2.41 bits per heavy atom. The molecular weight excluding hydrogens is 390 g/mol. The van der Waals surface area contributed by atoms with Crippen LogP contribution in [0.1, 0.15) is 43.0 Å². The number of aliphatic hydroxyl groups is 1. The monoisotopic (exact) mass is 413 g/mol. The lowest BCUT2D eigenvalue weighted by molar-refractivity contribution is -0.139. The van der Waals surface area contributed by atoms with E-state index in [1.807, 2.05) is 31.2 Å². The number of hydrogen-bond donors (Lipinski definition) is 1. The van der Waals surface area contributed by atoms with Crippen molar-refractivity contribution in [3.63, 3.8) is 0 Å². The van der Waals surface area contributed by atoms with E-state index >= 15 is 0 Å². The van der Waals surface area contributed by atoms with Gasteiger partial charge in [-0.3, -0.25) is 9.59 Å². The Kier molecular flexibility index (Phi) is 6.28. The zero-order valence-electron chi connectivity index (χ0n) is 16.7. The number of rotatable bonds is 6. The van der Waals surface area contributed by atoms with Crippen LogP contribution in [0.5, 0.6) is 5.75 Å². The van der Waals surface area contributed by atoms with Gasteiger partial charge in [0.2, 0.25) is 0 Å². The average Bonchev–Trinajstić information content (AvgIpc) is 2.98. The van der Waals surface area contributed by atoms with E-state index in [4.69, 9.17) is 16.3 Å². The van der Waals surface area contributed by atoms with Gasteiger partial charge in [0.15, 0.2) is 0 Å². The minimum absolute atomic E-state index is 0.0493. The number of aliphatic hydroxyl groups excluding tert-OH is 1. The maximum absolute atomic E-state index is 12.9. The van der Waals surface area contributed by atoms with Gasteiger partial charge in [-0.25, -0.2) is 0 Å². The number of carbonyl (C=O) groups is 2. The van der Waals surface area contributed by atoms with Gasteiger partial charge in [0, 0.05) is 11.6 Å². The molecule has 0 bridgehead atoms. The molecule has 1 unspecified atom stereocenters. The molecule has 1 aliphatic rings. The van der Waals surface area contributed by atoms with Crippen LogP contribution in [0, 0.1) is 0 Å². The number of Topliss-reactive ketones (excluding diaryl/α,β-unsaturated/α-hetero) is 1. The second-order valence-electron chi connectivity index (χ2n) is 6.93. The summed E-state index contributed by atoms with van der Waals surface area (Å²) in [6, 6.07) is 11.9. The highest BCUT2D eigenvalue weighted by atomic mass is 35.5. The summed E-state index contributed by atoms with van der Waals surface area (Å²) in [7, 11) is 1.47. The van der Waals surface area contributed by atoms with E-state index in [9.17, 15) is 14.7 Å². The summed E-state index contributed by atoms with van der Waals surface area (Å²) < 4.78 is 5.33. The number of methoxy groups -OCH3 is 1. The van der Waals surface area contributed by atoms with E-state index in [0.717, 1.165) is 17.5 Å². The van der Waals surface area contributed by atoms with Crippen molar-refractivity contribution in [3.8, 4) is 5.75 Å². The van der Waals surface area contributed by atoms with Crippen LogP contribution in [0.3, 0.4) is 0 Å². The number of ketones is 1. The molecule has 1 N–H and O–H groups in total. The zero-order chi connectivity index (χ0) is 21.1. The van der Waals surface area contributed by atoms with Crippen LogP contribution >= 0.6 is 11.6 Å². The molecule has 1 atom stereocenters. The van der Waals surface area contributed by atoms with E-state index in [2.05, 4.69) is 6.92 Å². The third kappa shape index (κ3) is 3.87. The Hall–Kier alpha value is -2.79. The average molecular weight is 414 g/mol. The second kappa shape index (κ2) is 8.70. The Bertz CT molecular complexity index is 965. The van der Waals surface area contributed by atoms with Gasteiger partial charge >= 0.3 is 0 Å². The fourth-order valence-corrected chi connectivity index (χ4v) is 3.82. The normalized spacial score (nSPS) is 18.3. The van der Waals surface area contributed by atoms with Gasteiger partial charge in [-0.05, 0) is 42.2 Å². The second-order valence-corrected chi connectivity index (χ2v) is 7.37. The van der Waals surface area contributed by atoms with Crippen molar-refractivity contribution in [1.29, 1.82) is 0 Å². The molecule has 0 spiro atoms. The van der Waals surface area contributed by atoms with Crippen molar-refractivity contribution in [2.45, 2.75) is 32.7 Å². The first-order chi connectivity index (χ1) is 13.9. The van der Waals surface area contributed by atoms with Gasteiger partial charge < -0.3 is 14.7 Å². The van der Waals surface area contributed by atoms with Crippen LogP contribution in [-0.2, 0) is 16.0 Å². The summed E-state index contributed by atoms with van der Waals surface area (Å²) in [5.41, 5.74) is 2.26. The van der Waals surface area contributed by atoms with Gasteiger partial charge in [0.25, 0.3) is 11.7 Å². The van der Waals surface area contributed by atoms with Gasteiger partial charge in [0.05, 0.1) is 24.3 Å².